The van der Waals surface area contributed by atoms with E-state index in [1.807, 2.05) is 19.1 Å². The molecule has 0 aliphatic heterocycles. The Morgan fingerprint density at radius 2 is 2.11 bits per heavy atom. The molecule has 0 saturated heterocycles. The van der Waals surface area contributed by atoms with E-state index in [1.54, 1.807) is 18.0 Å². The van der Waals surface area contributed by atoms with Gasteiger partial charge >= 0.3 is 0 Å². The third-order valence-corrected chi connectivity index (χ3v) is 3.42. The Bertz CT molecular complexity index is 522. The number of thioether (sulfide) groups is 1. The lowest BCUT2D eigenvalue weighted by Gasteiger charge is -2.05. The van der Waals surface area contributed by atoms with E-state index < -0.39 is 0 Å². The zero-order chi connectivity index (χ0) is 13.0. The van der Waals surface area contributed by atoms with Crippen molar-refractivity contribution in [2.75, 3.05) is 5.43 Å². The van der Waals surface area contributed by atoms with E-state index in [0.29, 0.717) is 5.82 Å². The normalized spacial score (nSPS) is 10.4. The highest BCUT2D eigenvalue weighted by atomic mass is 32.2. The number of hydrazine groups is 1. The lowest BCUT2D eigenvalue weighted by Crippen LogP contribution is -2.08. The fourth-order valence-corrected chi connectivity index (χ4v) is 2.65. The first-order chi connectivity index (χ1) is 8.67. The highest BCUT2D eigenvalue weighted by Crippen LogP contribution is 2.22. The quantitative estimate of drug-likeness (QED) is 0.502. The minimum Gasteiger partial charge on any atom is -0.308 e. The topological polar surface area (TPSA) is 63.8 Å². The smallest absolute Gasteiger partial charge is 0.140 e. The van der Waals surface area contributed by atoms with Crippen molar-refractivity contribution in [1.82, 2.24) is 9.97 Å². The monoisotopic (exact) mass is 260 g/mol. The van der Waals surface area contributed by atoms with Crippen LogP contribution in [0.25, 0.3) is 0 Å². The van der Waals surface area contributed by atoms with Gasteiger partial charge in [-0.25, -0.2) is 15.8 Å². The van der Waals surface area contributed by atoms with Crippen molar-refractivity contribution in [2.45, 2.75) is 24.6 Å². The molecule has 4 nitrogen and oxygen atoms in total. The van der Waals surface area contributed by atoms with Crippen molar-refractivity contribution >= 4 is 17.6 Å². The Morgan fingerprint density at radius 3 is 2.83 bits per heavy atom. The minimum atomic E-state index is 0.682. The minimum absolute atomic E-state index is 0.682. The van der Waals surface area contributed by atoms with Crippen LogP contribution in [-0.4, -0.2) is 9.97 Å². The molecule has 0 aromatic carbocycles. The predicted octanol–water partition coefficient (Wildman–Crippen LogP) is 2.67. The van der Waals surface area contributed by atoms with Crippen molar-refractivity contribution < 1.29 is 0 Å². The van der Waals surface area contributed by atoms with Crippen LogP contribution in [0.3, 0.4) is 0 Å². The highest BCUT2D eigenvalue weighted by Gasteiger charge is 2.01. The van der Waals surface area contributed by atoms with Crippen molar-refractivity contribution in [1.29, 1.82) is 0 Å². The molecule has 0 aliphatic rings. The van der Waals surface area contributed by atoms with Gasteiger partial charge < -0.3 is 5.43 Å². The lowest BCUT2D eigenvalue weighted by atomic mass is 10.3. The Morgan fingerprint density at radius 1 is 1.28 bits per heavy atom. The van der Waals surface area contributed by atoms with Gasteiger partial charge in [0.15, 0.2) is 0 Å². The summed E-state index contributed by atoms with van der Waals surface area (Å²) in [4.78, 5) is 8.58. The second kappa shape index (κ2) is 5.84. The van der Waals surface area contributed by atoms with Gasteiger partial charge in [-0.2, -0.15) is 0 Å². The first kappa shape index (κ1) is 12.9. The van der Waals surface area contributed by atoms with Crippen molar-refractivity contribution in [2.24, 2.45) is 5.84 Å². The van der Waals surface area contributed by atoms with Gasteiger partial charge in [0.25, 0.3) is 0 Å². The van der Waals surface area contributed by atoms with E-state index in [4.69, 9.17) is 5.84 Å². The van der Waals surface area contributed by atoms with Crippen LogP contribution >= 0.6 is 11.8 Å². The van der Waals surface area contributed by atoms with Crippen LogP contribution in [0.4, 0.5) is 5.82 Å². The highest BCUT2D eigenvalue weighted by molar-refractivity contribution is 7.98. The summed E-state index contributed by atoms with van der Waals surface area (Å²) in [5, 5.41) is 1.05. The molecule has 2 aromatic rings. The summed E-state index contributed by atoms with van der Waals surface area (Å²) in [6, 6.07) is 8.10. The molecular weight excluding hydrogens is 244 g/mol. The SMILES string of the molecule is Cc1cc(C)nc(SCc2ccnc(NN)c2)c1. The van der Waals surface area contributed by atoms with E-state index in [0.717, 1.165) is 16.5 Å². The second-order valence-electron chi connectivity index (χ2n) is 4.11. The Labute approximate surface area is 111 Å². The molecule has 3 N–H and O–H groups in total. The van der Waals surface area contributed by atoms with Gasteiger partial charge in [0.1, 0.15) is 5.82 Å². The Balaban J connectivity index is 2.06. The number of pyridine rings is 2. The summed E-state index contributed by atoms with van der Waals surface area (Å²) >= 11 is 1.71. The van der Waals surface area contributed by atoms with Gasteiger partial charge in [-0.05, 0) is 49.2 Å². The zero-order valence-electron chi connectivity index (χ0n) is 10.5. The van der Waals surface area contributed by atoms with Gasteiger partial charge in [-0.15, -0.1) is 11.8 Å². The molecule has 0 aliphatic carbocycles. The molecule has 0 atom stereocenters. The van der Waals surface area contributed by atoms with Crippen LogP contribution in [-0.2, 0) is 5.75 Å². The first-order valence-electron chi connectivity index (χ1n) is 5.67. The molecule has 0 fully saturated rings. The molecule has 2 aromatic heterocycles. The van der Waals surface area contributed by atoms with Crippen LogP contribution < -0.4 is 11.3 Å². The van der Waals surface area contributed by atoms with E-state index in [9.17, 15) is 0 Å². The number of aryl methyl sites for hydroxylation is 2. The van der Waals surface area contributed by atoms with Crippen LogP contribution in [0.1, 0.15) is 16.8 Å². The lowest BCUT2D eigenvalue weighted by molar-refractivity contribution is 1.05. The summed E-state index contributed by atoms with van der Waals surface area (Å²) < 4.78 is 0. The number of nitrogens with two attached hydrogens (primary N) is 1. The molecule has 0 unspecified atom stereocenters. The average molecular weight is 260 g/mol. The summed E-state index contributed by atoms with van der Waals surface area (Å²) in [6.07, 6.45) is 1.75. The molecule has 2 rings (SSSR count). The summed E-state index contributed by atoms with van der Waals surface area (Å²) in [7, 11) is 0. The molecule has 0 radical (unpaired) electrons. The Kier molecular flexibility index (Phi) is 4.17. The molecule has 2 heterocycles. The fourth-order valence-electron chi connectivity index (χ4n) is 1.68. The summed E-state index contributed by atoms with van der Waals surface area (Å²) in [5.41, 5.74) is 6.01. The maximum Gasteiger partial charge on any atom is 0.140 e. The number of nitrogens with one attached hydrogen (secondary N) is 1. The molecule has 0 saturated carbocycles. The molecule has 5 heteroatoms. The second-order valence-corrected chi connectivity index (χ2v) is 5.10. The molecule has 0 spiro atoms. The van der Waals surface area contributed by atoms with Crippen molar-refractivity contribution in [3.05, 3.63) is 47.3 Å². The molecule has 18 heavy (non-hydrogen) atoms. The van der Waals surface area contributed by atoms with Crippen LogP contribution in [0.2, 0.25) is 0 Å². The standard InChI is InChI=1S/C13H16N4S/c1-9-5-10(2)16-13(6-9)18-8-11-3-4-15-12(7-11)17-14/h3-7H,8,14H2,1-2H3,(H,15,17). The number of hydrogen-bond acceptors (Lipinski definition) is 5. The van der Waals surface area contributed by atoms with Crippen LogP contribution in [0, 0.1) is 13.8 Å². The van der Waals surface area contributed by atoms with E-state index >= 15 is 0 Å². The van der Waals surface area contributed by atoms with E-state index in [2.05, 4.69) is 34.5 Å². The largest absolute Gasteiger partial charge is 0.308 e. The number of rotatable bonds is 4. The fraction of sp³-hybridized carbons (Fsp3) is 0.231. The number of nitrogens with zero attached hydrogens (tertiary/aromatic N) is 2. The average Bonchev–Trinajstić information content (AvgIpc) is 2.35. The maximum absolute atomic E-state index is 5.33. The molecular formula is C13H16N4S. The van der Waals surface area contributed by atoms with Crippen LogP contribution in [0.15, 0.2) is 35.5 Å². The van der Waals surface area contributed by atoms with Crippen molar-refractivity contribution in [3.8, 4) is 0 Å². The third-order valence-electron chi connectivity index (χ3n) is 2.43. The van der Waals surface area contributed by atoms with Gasteiger partial charge in [-0.3, -0.25) is 0 Å². The van der Waals surface area contributed by atoms with Gasteiger partial charge in [0.2, 0.25) is 0 Å². The van der Waals surface area contributed by atoms with Gasteiger partial charge in [-0.1, -0.05) is 0 Å². The van der Waals surface area contributed by atoms with Gasteiger partial charge in [0.05, 0.1) is 5.03 Å². The van der Waals surface area contributed by atoms with Crippen LogP contribution in [0.5, 0.6) is 0 Å². The molecule has 94 valence electrons. The van der Waals surface area contributed by atoms with E-state index in [1.165, 1.54) is 11.1 Å². The molecule has 0 bridgehead atoms. The van der Waals surface area contributed by atoms with Crippen molar-refractivity contribution in [3.63, 3.8) is 0 Å². The summed E-state index contributed by atoms with van der Waals surface area (Å²) in [6.45, 7) is 4.10. The summed E-state index contributed by atoms with van der Waals surface area (Å²) in [5.74, 6) is 6.87. The third kappa shape index (κ3) is 3.45. The predicted molar refractivity (Wildman–Crippen MR) is 75.3 cm³/mol. The molecule has 0 amide bonds. The number of hydrogen-bond donors (Lipinski definition) is 2. The maximum atomic E-state index is 5.33. The number of nitrogen functional groups attached to an aromatic ring is 1. The van der Waals surface area contributed by atoms with E-state index in [-0.39, 0.29) is 0 Å². The number of anilines is 1. The Hall–Kier alpha value is -1.59. The first-order valence-corrected chi connectivity index (χ1v) is 6.65. The number of aromatic nitrogens is 2. The van der Waals surface area contributed by atoms with Gasteiger partial charge in [0, 0.05) is 17.6 Å². The zero-order valence-corrected chi connectivity index (χ0v) is 11.3.